The Balaban J connectivity index is 1.14. The molecule has 15 heterocycles. The van der Waals surface area contributed by atoms with Crippen LogP contribution in [0.4, 0.5) is 0 Å². The van der Waals surface area contributed by atoms with Gasteiger partial charge in [-0.05, 0) is 80.6 Å². The van der Waals surface area contributed by atoms with Gasteiger partial charge in [-0.15, -0.1) is 0 Å². The molecule has 15 aliphatic heterocycles. The highest BCUT2D eigenvalue weighted by atomic mass is 35.5. The fourth-order valence-electron chi connectivity index (χ4n) is 10.1. The summed E-state index contributed by atoms with van der Waals surface area (Å²) in [7, 11) is 0. The highest BCUT2D eigenvalue weighted by Gasteiger charge is 2.44. The van der Waals surface area contributed by atoms with E-state index >= 15 is 0 Å². The standard InChI is InChI=1S/C52H38Cl2N4O8/c1-51(2,3)27-13-23-11-25(15-27)21-57-47(63)33-17-36(54)42-40-34(18-35(53)41(39(33)40)49(57)65)48(64)58(50(42)66)22-26-12-24(14-28(16-26)52(4,5)6)20-56-45(61)31-9-7-29-37-30(44(60)55(19-23)43(29)59)8-10-32(38(31)37)46(56)62/h7-18H,19-22H2,1-6H3. The van der Waals surface area contributed by atoms with Gasteiger partial charge >= 0.3 is 0 Å². The Labute approximate surface area is 387 Å². The number of rotatable bonds is 0. The third-order valence-corrected chi connectivity index (χ3v) is 14.0. The van der Waals surface area contributed by atoms with E-state index < -0.39 is 58.1 Å². The summed E-state index contributed by atoms with van der Waals surface area (Å²) >= 11 is 13.9. The minimum absolute atomic E-state index is 0.0129. The molecule has 66 heavy (non-hydrogen) atoms. The van der Waals surface area contributed by atoms with Gasteiger partial charge in [0.25, 0.3) is 47.3 Å². The Kier molecular flexibility index (Phi) is 8.69. The SMILES string of the molecule is CC(C)(C)c1cc2cc(c1)CN1C(=O)c3cc(Cl)c4c5c(cc(Cl)c(c35)C1=O)C(=O)N(Cc1cc(cc(C(C)(C)C)c1)CN1C(=O)c3ccc5c6c(ccc(c36)C1=O)C(=O)N(C2)C5=O)C4=O. The predicted octanol–water partition coefficient (Wildman–Crippen LogP) is 9.39. The van der Waals surface area contributed by atoms with Crippen molar-refractivity contribution < 1.29 is 38.4 Å². The zero-order valence-corrected chi connectivity index (χ0v) is 38.1. The molecule has 6 aromatic carbocycles. The average molecular weight is 918 g/mol. The summed E-state index contributed by atoms with van der Waals surface area (Å²) in [5, 5.41) is 0.355. The van der Waals surface area contributed by atoms with Crippen molar-refractivity contribution in [1.29, 1.82) is 0 Å². The molecule has 14 heteroatoms. The zero-order valence-electron chi connectivity index (χ0n) is 36.6. The van der Waals surface area contributed by atoms with Crippen molar-refractivity contribution in [2.75, 3.05) is 0 Å². The number of imide groups is 4. The minimum Gasteiger partial charge on any atom is -0.270 e. The lowest BCUT2D eigenvalue weighted by Gasteiger charge is -2.34. The monoisotopic (exact) mass is 916 g/mol. The van der Waals surface area contributed by atoms with Crippen molar-refractivity contribution in [1.82, 2.24) is 19.6 Å². The lowest BCUT2D eigenvalue weighted by molar-refractivity contribution is 0.0574. The van der Waals surface area contributed by atoms with E-state index in [0.717, 1.165) is 30.7 Å². The van der Waals surface area contributed by atoms with Gasteiger partial charge in [0, 0.05) is 43.8 Å². The van der Waals surface area contributed by atoms with E-state index in [1.165, 1.54) is 36.4 Å². The second-order valence-corrected chi connectivity index (χ2v) is 20.6. The van der Waals surface area contributed by atoms with Gasteiger partial charge in [0.2, 0.25) is 0 Å². The van der Waals surface area contributed by atoms with Crippen molar-refractivity contribution >= 4 is 92.0 Å². The van der Waals surface area contributed by atoms with Crippen LogP contribution in [0.25, 0.3) is 21.5 Å². The first-order valence-corrected chi connectivity index (χ1v) is 22.2. The molecule has 0 saturated carbocycles. The molecular formula is C52H38Cl2N4O8. The molecule has 0 unspecified atom stereocenters. The molecule has 0 atom stereocenters. The van der Waals surface area contributed by atoms with E-state index in [4.69, 9.17) is 23.2 Å². The molecule has 0 fully saturated rings. The van der Waals surface area contributed by atoms with Crippen LogP contribution < -0.4 is 0 Å². The molecule has 0 aliphatic carbocycles. The maximum Gasteiger partial charge on any atom is 0.263 e. The maximum absolute atomic E-state index is 14.6. The molecule has 20 bridgehead atoms. The average Bonchev–Trinajstić information content (AvgIpc) is 3.25. The molecule has 328 valence electrons. The first-order valence-electron chi connectivity index (χ1n) is 21.4. The van der Waals surface area contributed by atoms with Crippen molar-refractivity contribution in [2.24, 2.45) is 0 Å². The highest BCUT2D eigenvalue weighted by molar-refractivity contribution is 6.45. The van der Waals surface area contributed by atoms with E-state index in [0.29, 0.717) is 22.3 Å². The Morgan fingerprint density at radius 3 is 0.879 bits per heavy atom. The number of benzene rings is 6. The Hall–Kier alpha value is -7.02. The molecule has 0 spiro atoms. The van der Waals surface area contributed by atoms with E-state index in [2.05, 4.69) is 0 Å². The lowest BCUT2D eigenvalue weighted by Crippen LogP contribution is -2.43. The Bertz CT molecular complexity index is 3150. The normalized spacial score (nSPS) is 17.0. The molecule has 8 amide bonds. The van der Waals surface area contributed by atoms with Gasteiger partial charge in [-0.3, -0.25) is 58.0 Å². The Morgan fingerprint density at radius 1 is 0.348 bits per heavy atom. The predicted molar refractivity (Wildman–Crippen MR) is 245 cm³/mol. The van der Waals surface area contributed by atoms with Gasteiger partial charge in [-0.1, -0.05) is 101 Å². The summed E-state index contributed by atoms with van der Waals surface area (Å²) in [5.41, 5.74) is 3.21. The van der Waals surface area contributed by atoms with Gasteiger partial charge in [0.05, 0.1) is 58.5 Å². The number of amides is 8. The molecular weight excluding hydrogens is 879 g/mol. The van der Waals surface area contributed by atoms with Crippen LogP contribution in [-0.2, 0) is 37.0 Å². The van der Waals surface area contributed by atoms with E-state index in [9.17, 15) is 38.4 Å². The fourth-order valence-corrected chi connectivity index (χ4v) is 10.7. The van der Waals surface area contributed by atoms with Crippen LogP contribution in [0.3, 0.4) is 0 Å². The largest absolute Gasteiger partial charge is 0.270 e. The summed E-state index contributed by atoms with van der Waals surface area (Å²) in [4.78, 5) is 121. The van der Waals surface area contributed by atoms with Crippen molar-refractivity contribution in [2.45, 2.75) is 78.6 Å². The van der Waals surface area contributed by atoms with Crippen LogP contribution in [0.5, 0.6) is 0 Å². The molecule has 0 N–H and O–H groups in total. The molecule has 0 saturated heterocycles. The van der Waals surface area contributed by atoms with Crippen LogP contribution in [0.2, 0.25) is 10.0 Å². The number of halogens is 2. The summed E-state index contributed by atoms with van der Waals surface area (Å²) in [5.74, 6) is -5.37. The van der Waals surface area contributed by atoms with E-state index in [1.54, 1.807) is 12.1 Å². The fraction of sp³-hybridized carbons (Fsp3) is 0.231. The lowest BCUT2D eigenvalue weighted by atomic mass is 9.83. The topological polar surface area (TPSA) is 150 Å². The summed E-state index contributed by atoms with van der Waals surface area (Å²) in [6, 6.07) is 19.6. The van der Waals surface area contributed by atoms with Crippen molar-refractivity contribution in [3.63, 3.8) is 0 Å². The van der Waals surface area contributed by atoms with Gasteiger partial charge < -0.3 is 0 Å². The smallest absolute Gasteiger partial charge is 0.263 e. The summed E-state index contributed by atoms with van der Waals surface area (Å²) in [6.07, 6.45) is 0. The zero-order chi connectivity index (χ0) is 46.8. The van der Waals surface area contributed by atoms with Crippen LogP contribution in [0.15, 0.2) is 72.8 Å². The number of nitrogens with zero attached hydrogens (tertiary/aromatic N) is 4. The number of carbonyl (C=O) groups excluding carboxylic acids is 8. The quantitative estimate of drug-likeness (QED) is 0.137. The number of carbonyl (C=O) groups is 8. The van der Waals surface area contributed by atoms with Gasteiger partial charge in [-0.2, -0.15) is 0 Å². The van der Waals surface area contributed by atoms with Crippen LogP contribution in [0, 0.1) is 0 Å². The summed E-state index contributed by atoms with van der Waals surface area (Å²) in [6.45, 7) is 11.0. The van der Waals surface area contributed by atoms with Crippen LogP contribution >= 0.6 is 23.2 Å². The second-order valence-electron chi connectivity index (χ2n) is 19.7. The van der Waals surface area contributed by atoms with Crippen molar-refractivity contribution in [3.8, 4) is 0 Å². The first-order chi connectivity index (χ1) is 31.1. The second kappa shape index (κ2) is 13.8. The molecule has 0 aromatic heterocycles. The van der Waals surface area contributed by atoms with E-state index in [1.807, 2.05) is 65.8 Å². The van der Waals surface area contributed by atoms with Crippen LogP contribution in [-0.4, -0.2) is 66.9 Å². The molecule has 21 rings (SSSR count). The first kappa shape index (κ1) is 41.7. The maximum atomic E-state index is 14.6. The molecule has 12 nitrogen and oxygen atoms in total. The number of hydrogen-bond acceptors (Lipinski definition) is 8. The van der Waals surface area contributed by atoms with Crippen molar-refractivity contribution in [3.05, 3.63) is 161 Å². The van der Waals surface area contributed by atoms with Gasteiger partial charge in [-0.25, -0.2) is 0 Å². The third kappa shape index (κ3) is 5.83. The summed E-state index contributed by atoms with van der Waals surface area (Å²) < 4.78 is 0. The van der Waals surface area contributed by atoms with E-state index in [-0.39, 0.29) is 102 Å². The highest BCUT2D eigenvalue weighted by Crippen LogP contribution is 2.45. The molecule has 6 aromatic rings. The number of hydrogen-bond donors (Lipinski definition) is 0. The van der Waals surface area contributed by atoms with Gasteiger partial charge in [0.1, 0.15) is 0 Å². The Morgan fingerprint density at radius 2 is 0.606 bits per heavy atom. The molecule has 0 radical (unpaired) electrons. The minimum atomic E-state index is -0.743. The molecule has 15 aliphatic rings. The van der Waals surface area contributed by atoms with Crippen LogP contribution in [0.1, 0.15) is 158 Å². The third-order valence-electron chi connectivity index (χ3n) is 13.4. The van der Waals surface area contributed by atoms with Gasteiger partial charge in [0.15, 0.2) is 0 Å².